The number of aromatic nitrogens is 2. The van der Waals surface area contributed by atoms with Gasteiger partial charge in [-0.3, -0.25) is 4.79 Å². The third-order valence-corrected chi connectivity index (χ3v) is 5.79. The van der Waals surface area contributed by atoms with Crippen molar-refractivity contribution in [2.45, 2.75) is 19.4 Å². The molecule has 0 amide bonds. The van der Waals surface area contributed by atoms with Crippen LogP contribution < -0.4 is 9.47 Å². The van der Waals surface area contributed by atoms with E-state index in [0.717, 1.165) is 5.56 Å². The fourth-order valence-corrected chi connectivity index (χ4v) is 4.26. The van der Waals surface area contributed by atoms with Crippen LogP contribution in [0.1, 0.15) is 17.5 Å². The molecule has 1 N–H and O–H groups in total. The quantitative estimate of drug-likeness (QED) is 0.322. The van der Waals surface area contributed by atoms with Gasteiger partial charge in [-0.15, -0.1) is 0 Å². The van der Waals surface area contributed by atoms with E-state index in [1.807, 2.05) is 6.07 Å². The van der Waals surface area contributed by atoms with E-state index in [1.54, 1.807) is 30.5 Å². The number of rotatable bonds is 7. The Labute approximate surface area is 192 Å². The third kappa shape index (κ3) is 3.77. The highest BCUT2D eigenvalue weighted by molar-refractivity contribution is 6.15. The number of methoxy groups -OCH3 is 1. The number of pyridine rings is 1. The molecule has 0 aliphatic heterocycles. The molecule has 0 aliphatic rings. The van der Waals surface area contributed by atoms with Crippen LogP contribution in [0, 0.1) is 11.6 Å². The fourth-order valence-electron chi connectivity index (χ4n) is 4.26. The number of nitrogens with zero attached hydrogens (tertiary/aromatic N) is 2. The van der Waals surface area contributed by atoms with Crippen LogP contribution in [0.4, 0.5) is 8.78 Å². The summed E-state index contributed by atoms with van der Waals surface area (Å²) in [6, 6.07) is 14.4. The molecule has 5 aromatic rings. The summed E-state index contributed by atoms with van der Waals surface area (Å²) >= 11 is 0. The molecule has 172 valence electrons. The van der Waals surface area contributed by atoms with E-state index >= 15 is 4.39 Å². The lowest BCUT2D eigenvalue weighted by atomic mass is 10.0. The summed E-state index contributed by atoms with van der Waals surface area (Å²) in [5.74, 6) is -0.822. The number of fused-ring (bicyclic) bond motifs is 6. The van der Waals surface area contributed by atoms with E-state index in [4.69, 9.17) is 14.6 Å². The lowest BCUT2D eigenvalue weighted by Gasteiger charge is -2.13. The molecule has 3 aromatic carbocycles. The van der Waals surface area contributed by atoms with Gasteiger partial charge in [-0.1, -0.05) is 12.1 Å². The highest BCUT2D eigenvalue weighted by Gasteiger charge is 2.20. The average molecular weight is 462 g/mol. The first kappa shape index (κ1) is 21.6. The standard InChI is InChI=1S/C26H20F2N2O4/c1-33-22-9-8-21(28)26-24(22)20-12-17(27)6-7-19(20)25-16(13-29-30(25)26)14-34-18-4-2-3-15(11-18)5-10-23(31)32/h2-4,6-9,11-13H,5,10,14H2,1H3,(H,31,32). The normalized spacial score (nSPS) is 11.4. The van der Waals surface area contributed by atoms with Crippen LogP contribution in [0.15, 0.2) is 60.8 Å². The van der Waals surface area contributed by atoms with Crippen molar-refractivity contribution >= 4 is 33.2 Å². The molecule has 0 saturated heterocycles. The smallest absolute Gasteiger partial charge is 0.303 e. The maximum absolute atomic E-state index is 15.0. The van der Waals surface area contributed by atoms with E-state index in [9.17, 15) is 9.18 Å². The van der Waals surface area contributed by atoms with Crippen molar-refractivity contribution in [2.75, 3.05) is 7.11 Å². The molecular formula is C26H20F2N2O4. The molecule has 34 heavy (non-hydrogen) atoms. The van der Waals surface area contributed by atoms with E-state index in [0.29, 0.717) is 45.2 Å². The predicted octanol–water partition coefficient (Wildman–Crippen LogP) is 5.52. The van der Waals surface area contributed by atoms with E-state index < -0.39 is 17.6 Å². The summed E-state index contributed by atoms with van der Waals surface area (Å²) in [4.78, 5) is 10.9. The van der Waals surface area contributed by atoms with Gasteiger partial charge in [-0.25, -0.2) is 13.3 Å². The lowest BCUT2D eigenvalue weighted by molar-refractivity contribution is -0.136. The zero-order valence-corrected chi connectivity index (χ0v) is 18.2. The number of benzene rings is 3. The molecule has 0 radical (unpaired) electrons. The molecule has 0 saturated carbocycles. The zero-order valence-electron chi connectivity index (χ0n) is 18.2. The predicted molar refractivity (Wildman–Crippen MR) is 123 cm³/mol. The minimum atomic E-state index is -0.864. The van der Waals surface area contributed by atoms with Crippen LogP contribution in [0.3, 0.4) is 0 Å². The van der Waals surface area contributed by atoms with Gasteiger partial charge in [0.25, 0.3) is 0 Å². The van der Waals surface area contributed by atoms with Gasteiger partial charge in [-0.2, -0.15) is 5.10 Å². The first-order chi connectivity index (χ1) is 16.5. The van der Waals surface area contributed by atoms with Crippen molar-refractivity contribution in [3.05, 3.63) is 83.6 Å². The van der Waals surface area contributed by atoms with Crippen molar-refractivity contribution < 1.29 is 28.2 Å². The van der Waals surface area contributed by atoms with Gasteiger partial charge in [-0.05, 0) is 59.8 Å². The number of aryl methyl sites for hydroxylation is 1. The van der Waals surface area contributed by atoms with Gasteiger partial charge in [0.1, 0.15) is 35.3 Å². The second kappa shape index (κ2) is 8.62. The fraction of sp³-hybridized carbons (Fsp3) is 0.154. The number of hydrogen-bond acceptors (Lipinski definition) is 4. The topological polar surface area (TPSA) is 73.1 Å². The number of ether oxygens (including phenoxy) is 2. The van der Waals surface area contributed by atoms with Gasteiger partial charge < -0.3 is 14.6 Å². The summed E-state index contributed by atoms with van der Waals surface area (Å²) in [6.07, 6.45) is 2.03. The molecule has 0 unspecified atom stereocenters. The van der Waals surface area contributed by atoms with Crippen molar-refractivity contribution in [3.8, 4) is 11.5 Å². The van der Waals surface area contributed by atoms with Crippen LogP contribution in [0.2, 0.25) is 0 Å². The zero-order chi connectivity index (χ0) is 23.8. The number of carboxylic acid groups (broad SMARTS) is 1. The Hall–Kier alpha value is -4.20. The Morgan fingerprint density at radius 1 is 1.06 bits per heavy atom. The number of carboxylic acids is 1. The number of aliphatic carboxylic acids is 1. The van der Waals surface area contributed by atoms with Gasteiger partial charge in [0.15, 0.2) is 0 Å². The summed E-state index contributed by atoms with van der Waals surface area (Å²) < 4.78 is 42.2. The van der Waals surface area contributed by atoms with Crippen molar-refractivity contribution in [1.82, 2.24) is 9.61 Å². The highest BCUT2D eigenvalue weighted by Crippen LogP contribution is 2.38. The van der Waals surface area contributed by atoms with Crippen molar-refractivity contribution in [2.24, 2.45) is 0 Å². The van der Waals surface area contributed by atoms with Gasteiger partial charge in [0.2, 0.25) is 0 Å². The number of hydrogen-bond donors (Lipinski definition) is 1. The SMILES string of the molecule is COc1ccc(F)c2c1c1cc(F)ccc1c1c(COc3cccc(CCC(=O)O)c3)cnn12. The van der Waals surface area contributed by atoms with Gasteiger partial charge in [0, 0.05) is 17.4 Å². The first-order valence-corrected chi connectivity index (χ1v) is 10.6. The maximum atomic E-state index is 15.0. The molecular weight excluding hydrogens is 442 g/mol. The summed E-state index contributed by atoms with van der Waals surface area (Å²) in [7, 11) is 1.48. The molecule has 8 heteroatoms. The molecule has 0 spiro atoms. The van der Waals surface area contributed by atoms with Crippen LogP contribution in [0.5, 0.6) is 11.5 Å². The van der Waals surface area contributed by atoms with Crippen LogP contribution >= 0.6 is 0 Å². The Morgan fingerprint density at radius 2 is 1.91 bits per heavy atom. The highest BCUT2D eigenvalue weighted by atomic mass is 19.1. The summed E-state index contributed by atoms with van der Waals surface area (Å²) in [5, 5.41) is 15.0. The second-order valence-electron chi connectivity index (χ2n) is 7.92. The van der Waals surface area contributed by atoms with E-state index in [1.165, 1.54) is 35.9 Å². The van der Waals surface area contributed by atoms with E-state index in [-0.39, 0.29) is 18.5 Å². The van der Waals surface area contributed by atoms with Crippen molar-refractivity contribution in [1.29, 1.82) is 0 Å². The number of carbonyl (C=O) groups is 1. The molecule has 5 rings (SSSR count). The minimum absolute atomic E-state index is 0.0299. The average Bonchev–Trinajstić information content (AvgIpc) is 3.25. The van der Waals surface area contributed by atoms with E-state index in [2.05, 4.69) is 5.10 Å². The van der Waals surface area contributed by atoms with Gasteiger partial charge >= 0.3 is 5.97 Å². The van der Waals surface area contributed by atoms with Gasteiger partial charge in [0.05, 0.1) is 24.2 Å². The Bertz CT molecular complexity index is 1560. The maximum Gasteiger partial charge on any atom is 0.303 e. The summed E-state index contributed by atoms with van der Waals surface area (Å²) in [5.41, 5.74) is 2.34. The molecule has 2 aromatic heterocycles. The minimum Gasteiger partial charge on any atom is -0.496 e. The van der Waals surface area contributed by atoms with Crippen LogP contribution in [-0.4, -0.2) is 27.8 Å². The molecule has 0 bridgehead atoms. The first-order valence-electron chi connectivity index (χ1n) is 10.6. The Kier molecular flexibility index (Phi) is 5.49. The lowest BCUT2D eigenvalue weighted by Crippen LogP contribution is -2.01. The third-order valence-electron chi connectivity index (χ3n) is 5.79. The van der Waals surface area contributed by atoms with Crippen molar-refractivity contribution in [3.63, 3.8) is 0 Å². The molecule has 0 aliphatic carbocycles. The molecule has 0 atom stereocenters. The molecule has 2 heterocycles. The molecule has 0 fully saturated rings. The monoisotopic (exact) mass is 462 g/mol. The molecule has 6 nitrogen and oxygen atoms in total. The second-order valence-corrected chi connectivity index (χ2v) is 7.92. The largest absolute Gasteiger partial charge is 0.496 e. The summed E-state index contributed by atoms with van der Waals surface area (Å²) in [6.45, 7) is 0.134. The Balaban J connectivity index is 1.61. The Morgan fingerprint density at radius 3 is 2.71 bits per heavy atom. The van der Waals surface area contributed by atoms with Crippen LogP contribution in [-0.2, 0) is 17.8 Å². The van der Waals surface area contributed by atoms with Crippen LogP contribution in [0.25, 0.3) is 27.2 Å². The number of halogens is 2.